The van der Waals surface area contributed by atoms with Crippen LogP contribution in [0.4, 0.5) is 0 Å². The number of benzene rings is 1. The van der Waals surface area contributed by atoms with Crippen LogP contribution in [-0.4, -0.2) is 17.5 Å². The lowest BCUT2D eigenvalue weighted by Crippen LogP contribution is -2.46. The Labute approximate surface area is 115 Å². The molecule has 1 saturated heterocycles. The van der Waals surface area contributed by atoms with E-state index in [0.717, 1.165) is 5.56 Å². The molecule has 1 heterocycles. The fourth-order valence-corrected chi connectivity index (χ4v) is 2.59. The van der Waals surface area contributed by atoms with Gasteiger partial charge in [-0.1, -0.05) is 26.8 Å². The van der Waals surface area contributed by atoms with E-state index in [1.54, 1.807) is 6.07 Å². The van der Waals surface area contributed by atoms with Gasteiger partial charge in [0.25, 0.3) is 0 Å². The minimum absolute atomic E-state index is 0.167. The summed E-state index contributed by atoms with van der Waals surface area (Å²) in [4.78, 5) is 0. The molecule has 0 aliphatic carbocycles. The third kappa shape index (κ3) is 2.86. The van der Waals surface area contributed by atoms with E-state index in [9.17, 15) is 5.11 Å². The summed E-state index contributed by atoms with van der Waals surface area (Å²) >= 11 is 0. The Kier molecular flexibility index (Phi) is 4.04. The average Bonchev–Trinajstić information content (AvgIpc) is 2.37. The van der Waals surface area contributed by atoms with Gasteiger partial charge in [-0.3, -0.25) is 0 Å². The second kappa shape index (κ2) is 5.41. The molecule has 1 aromatic rings. The Morgan fingerprint density at radius 3 is 2.42 bits per heavy atom. The van der Waals surface area contributed by atoms with Crippen LogP contribution in [0.1, 0.15) is 33.3 Å². The van der Waals surface area contributed by atoms with E-state index >= 15 is 0 Å². The predicted octanol–water partition coefficient (Wildman–Crippen LogP) is 3.73. The average molecular weight is 264 g/mol. The molecule has 0 bridgehead atoms. The second-order valence-electron chi connectivity index (χ2n) is 5.88. The molecule has 1 aliphatic heterocycles. The molecular formula is C16H24O3. The Hall–Kier alpha value is -1.22. The molecule has 0 unspecified atom stereocenters. The predicted molar refractivity (Wildman–Crippen MR) is 75.3 cm³/mol. The molecule has 3 nitrogen and oxygen atoms in total. The number of aromatic hydroxyl groups is 1. The molecule has 3 heteroatoms. The Morgan fingerprint density at radius 1 is 1.05 bits per heavy atom. The van der Waals surface area contributed by atoms with Gasteiger partial charge in [-0.15, -0.1) is 0 Å². The minimum atomic E-state index is -0.297. The molecular weight excluding hydrogens is 240 g/mol. The minimum Gasteiger partial charge on any atom is -0.504 e. The monoisotopic (exact) mass is 264 g/mol. The van der Waals surface area contributed by atoms with Crippen molar-refractivity contribution in [3.8, 4) is 11.5 Å². The molecule has 1 aliphatic rings. The summed E-state index contributed by atoms with van der Waals surface area (Å²) in [6.07, 6.45) is -0.128. The zero-order chi connectivity index (χ0) is 14.2. The van der Waals surface area contributed by atoms with Crippen LogP contribution in [0, 0.1) is 24.7 Å². The topological polar surface area (TPSA) is 38.7 Å². The zero-order valence-electron chi connectivity index (χ0n) is 12.4. The highest BCUT2D eigenvalue weighted by Crippen LogP contribution is 2.37. The van der Waals surface area contributed by atoms with E-state index in [0.29, 0.717) is 23.5 Å². The van der Waals surface area contributed by atoms with Crippen molar-refractivity contribution in [2.24, 2.45) is 17.8 Å². The van der Waals surface area contributed by atoms with Crippen molar-refractivity contribution in [2.75, 3.05) is 0 Å². The van der Waals surface area contributed by atoms with Crippen LogP contribution in [0.3, 0.4) is 0 Å². The van der Waals surface area contributed by atoms with Crippen LogP contribution in [0.2, 0.25) is 0 Å². The van der Waals surface area contributed by atoms with Gasteiger partial charge in [-0.05, 0) is 43.4 Å². The fraction of sp³-hybridized carbons (Fsp3) is 0.625. The Balaban J connectivity index is 2.16. The second-order valence-corrected chi connectivity index (χ2v) is 5.88. The number of phenols is 1. The molecule has 19 heavy (non-hydrogen) atoms. The van der Waals surface area contributed by atoms with Crippen molar-refractivity contribution in [2.45, 2.75) is 47.0 Å². The summed E-state index contributed by atoms with van der Waals surface area (Å²) < 4.78 is 11.8. The Bertz CT molecular complexity index is 444. The maximum Gasteiger partial charge on any atom is 0.203 e. The standard InChI is InChI=1S/C16H24O3/c1-9-6-7-14(17)15(8-9)19-16-12(4)10(2)11(3)13(5)18-16/h6-8,10-13,16-17H,1-5H3/t10-,11-,12-,13+,16+/m0/s1. The number of ether oxygens (including phenoxy) is 2. The molecule has 0 amide bonds. The molecule has 5 atom stereocenters. The van der Waals surface area contributed by atoms with Gasteiger partial charge in [-0.2, -0.15) is 0 Å². The van der Waals surface area contributed by atoms with E-state index in [-0.39, 0.29) is 18.1 Å². The van der Waals surface area contributed by atoms with E-state index in [2.05, 4.69) is 27.7 Å². The summed E-state index contributed by atoms with van der Waals surface area (Å²) in [7, 11) is 0. The van der Waals surface area contributed by atoms with Gasteiger partial charge >= 0.3 is 0 Å². The number of phenolic OH excluding ortho intramolecular Hbond substituents is 1. The largest absolute Gasteiger partial charge is 0.504 e. The van der Waals surface area contributed by atoms with Gasteiger partial charge in [0.05, 0.1) is 6.10 Å². The normalized spacial score (nSPS) is 35.1. The number of rotatable bonds is 2. The Morgan fingerprint density at radius 2 is 1.74 bits per heavy atom. The SMILES string of the molecule is Cc1ccc(O)c(O[C@H]2O[C@H](C)[C@@H](C)[C@H](C)[C@@H]2C)c1. The number of hydrogen-bond acceptors (Lipinski definition) is 3. The fourth-order valence-electron chi connectivity index (χ4n) is 2.59. The highest BCUT2D eigenvalue weighted by Gasteiger charge is 2.38. The van der Waals surface area contributed by atoms with Gasteiger partial charge in [-0.25, -0.2) is 0 Å². The smallest absolute Gasteiger partial charge is 0.203 e. The quantitative estimate of drug-likeness (QED) is 0.884. The van der Waals surface area contributed by atoms with Crippen molar-refractivity contribution in [1.82, 2.24) is 0 Å². The highest BCUT2D eigenvalue weighted by atomic mass is 16.7. The zero-order valence-corrected chi connectivity index (χ0v) is 12.4. The maximum atomic E-state index is 9.86. The summed E-state index contributed by atoms with van der Waals surface area (Å²) in [5.41, 5.74) is 1.06. The highest BCUT2D eigenvalue weighted by molar-refractivity contribution is 5.41. The van der Waals surface area contributed by atoms with Gasteiger partial charge in [0.2, 0.25) is 6.29 Å². The molecule has 0 saturated carbocycles. The van der Waals surface area contributed by atoms with Crippen molar-refractivity contribution >= 4 is 0 Å². The first-order valence-electron chi connectivity index (χ1n) is 7.02. The molecule has 0 spiro atoms. The van der Waals surface area contributed by atoms with Gasteiger partial charge in [0, 0.05) is 5.92 Å². The third-order valence-corrected chi connectivity index (χ3v) is 4.54. The first-order valence-corrected chi connectivity index (χ1v) is 7.02. The van der Waals surface area contributed by atoms with Crippen LogP contribution >= 0.6 is 0 Å². The van der Waals surface area contributed by atoms with Crippen LogP contribution in [0.25, 0.3) is 0 Å². The van der Waals surface area contributed by atoms with Crippen LogP contribution < -0.4 is 4.74 Å². The molecule has 1 aromatic carbocycles. The number of aryl methyl sites for hydroxylation is 1. The first kappa shape index (κ1) is 14.2. The maximum absolute atomic E-state index is 9.86. The lowest BCUT2D eigenvalue weighted by atomic mass is 9.79. The molecule has 2 rings (SSSR count). The van der Waals surface area contributed by atoms with Crippen molar-refractivity contribution < 1.29 is 14.6 Å². The van der Waals surface area contributed by atoms with Gasteiger partial charge in [0.1, 0.15) is 0 Å². The first-order chi connectivity index (χ1) is 8.90. The van der Waals surface area contributed by atoms with Crippen LogP contribution in [0.15, 0.2) is 18.2 Å². The van der Waals surface area contributed by atoms with Crippen LogP contribution in [-0.2, 0) is 4.74 Å². The molecule has 0 aromatic heterocycles. The summed E-state index contributed by atoms with van der Waals surface area (Å²) in [6.45, 7) is 10.7. The third-order valence-electron chi connectivity index (χ3n) is 4.54. The molecule has 0 radical (unpaired) electrons. The molecule has 1 N–H and O–H groups in total. The lowest BCUT2D eigenvalue weighted by Gasteiger charge is -2.42. The van der Waals surface area contributed by atoms with Crippen molar-refractivity contribution in [1.29, 1.82) is 0 Å². The molecule has 106 valence electrons. The van der Waals surface area contributed by atoms with Crippen molar-refractivity contribution in [3.05, 3.63) is 23.8 Å². The van der Waals surface area contributed by atoms with Crippen molar-refractivity contribution in [3.63, 3.8) is 0 Å². The van der Waals surface area contributed by atoms with E-state index in [1.165, 1.54) is 0 Å². The molecule has 1 fully saturated rings. The van der Waals surface area contributed by atoms with E-state index in [4.69, 9.17) is 9.47 Å². The van der Waals surface area contributed by atoms with Gasteiger partial charge in [0.15, 0.2) is 11.5 Å². The lowest BCUT2D eigenvalue weighted by molar-refractivity contribution is -0.206. The summed E-state index contributed by atoms with van der Waals surface area (Å²) in [5.74, 6) is 2.01. The van der Waals surface area contributed by atoms with E-state index < -0.39 is 0 Å². The van der Waals surface area contributed by atoms with Gasteiger partial charge < -0.3 is 14.6 Å². The van der Waals surface area contributed by atoms with E-state index in [1.807, 2.05) is 19.1 Å². The van der Waals surface area contributed by atoms with Crippen LogP contribution in [0.5, 0.6) is 11.5 Å². The number of hydrogen-bond donors (Lipinski definition) is 1. The summed E-state index contributed by atoms with van der Waals surface area (Å²) in [5, 5.41) is 9.86. The summed E-state index contributed by atoms with van der Waals surface area (Å²) in [6, 6.07) is 5.37.